The van der Waals surface area contributed by atoms with Gasteiger partial charge in [-0.25, -0.2) is 4.79 Å². The number of methoxy groups -OCH3 is 1. The van der Waals surface area contributed by atoms with E-state index in [9.17, 15) is 30.0 Å². The van der Waals surface area contributed by atoms with Crippen LogP contribution in [0.3, 0.4) is 0 Å². The van der Waals surface area contributed by atoms with E-state index in [0.717, 1.165) is 11.1 Å². The highest BCUT2D eigenvalue weighted by Gasteiger charge is 2.84. The Kier molecular flexibility index (Phi) is 11.0. The highest BCUT2D eigenvalue weighted by molar-refractivity contribution is 6.22. The Morgan fingerprint density at radius 3 is 2.31 bits per heavy atom. The molecule has 9 aliphatic rings. The van der Waals surface area contributed by atoms with Crippen LogP contribution in [0.5, 0.6) is 17.2 Å². The van der Waals surface area contributed by atoms with Gasteiger partial charge in [0.05, 0.1) is 30.5 Å². The average Bonchev–Trinajstić information content (AvgIpc) is 3.66. The van der Waals surface area contributed by atoms with Gasteiger partial charge in [-0.3, -0.25) is 9.59 Å². The minimum Gasteiger partial charge on any atom is -0.482 e. The van der Waals surface area contributed by atoms with Gasteiger partial charge in [-0.05, 0) is 93.2 Å². The molecular formula is C54H60O14. The van der Waals surface area contributed by atoms with Crippen LogP contribution in [0.1, 0.15) is 114 Å². The summed E-state index contributed by atoms with van der Waals surface area (Å²) in [5, 5.41) is 43.8. The van der Waals surface area contributed by atoms with Gasteiger partial charge in [0.2, 0.25) is 6.29 Å². The molecule has 4 N–H and O–H groups in total. The Morgan fingerprint density at radius 1 is 0.897 bits per heavy atom. The number of Topliss-reactive ketones (excluding diaryl/α,β-unsaturated/α-hetero) is 2. The summed E-state index contributed by atoms with van der Waals surface area (Å²) in [6.45, 7) is 14.9. The number of aliphatic hydroxyl groups excluding tert-OH is 4. The van der Waals surface area contributed by atoms with Crippen LogP contribution in [-0.4, -0.2) is 105 Å². The molecule has 14 heteroatoms. The average molecular weight is 933 g/mol. The van der Waals surface area contributed by atoms with Crippen molar-refractivity contribution >= 4 is 35.1 Å². The molecule has 2 aromatic rings. The number of aliphatic hydroxyl groups is 4. The van der Waals surface area contributed by atoms with Crippen LogP contribution in [0.15, 0.2) is 76.4 Å². The van der Waals surface area contributed by atoms with Crippen molar-refractivity contribution in [3.05, 3.63) is 104 Å². The van der Waals surface area contributed by atoms with Crippen molar-refractivity contribution in [1.29, 1.82) is 0 Å². The smallest absolute Gasteiger partial charge is 0.333 e. The van der Waals surface area contributed by atoms with E-state index in [4.69, 9.17) is 33.2 Å². The zero-order valence-corrected chi connectivity index (χ0v) is 39.9. The molecule has 14 nitrogen and oxygen atoms in total. The molecule has 360 valence electrons. The molecule has 11 rings (SSSR count). The normalized spacial score (nSPS) is 34.2. The molecule has 0 amide bonds. The maximum absolute atomic E-state index is 15.9. The van der Waals surface area contributed by atoms with E-state index in [1.807, 2.05) is 78.8 Å². The van der Waals surface area contributed by atoms with Crippen molar-refractivity contribution in [2.24, 2.45) is 17.8 Å². The number of hydrogen-bond acceptors (Lipinski definition) is 14. The third kappa shape index (κ3) is 6.47. The van der Waals surface area contributed by atoms with Crippen LogP contribution >= 0.6 is 0 Å². The molecule has 5 fully saturated rings. The molecule has 4 aliphatic carbocycles. The standard InChI is InChI=1S/C54H60O14/c1-25(2)13-12-20-52(8)21-19-31-43(66-52)30(17-16-26(3)4)46-37(45(31)65-50-42(59)41(58)40(57)33(24-55)63-50)47-38-35(36-39(56)28-14-10-11-15-29(28)44(36)64-47)32-23-34-51(6,7)68-53(48(32)60,54(34,38)67-46)22-18-27(5)49(61)62-9/h10-11,13-16,18-19,21,32-35,40-42,50,55,57-59H,12,17,20,22-24H2,1-9H3/t32?,33-,34?,35?,40-,41+,42-,50+,52?,53?,54?/m1/s1. The number of hydrogen-bond donors (Lipinski definition) is 4. The van der Waals surface area contributed by atoms with Crippen molar-refractivity contribution in [2.45, 2.75) is 141 Å². The second kappa shape index (κ2) is 16.1. The number of ether oxygens (including phenoxy) is 7. The zero-order valence-electron chi connectivity index (χ0n) is 39.9. The van der Waals surface area contributed by atoms with Crippen LogP contribution < -0.4 is 14.2 Å². The molecule has 0 aromatic heterocycles. The summed E-state index contributed by atoms with van der Waals surface area (Å²) in [5.74, 6) is -1.88. The maximum atomic E-state index is 15.9. The van der Waals surface area contributed by atoms with E-state index < -0.39 is 83.4 Å². The van der Waals surface area contributed by atoms with Gasteiger partial charge >= 0.3 is 5.97 Å². The number of benzene rings is 2. The molecule has 6 unspecified atom stereocenters. The van der Waals surface area contributed by atoms with Gasteiger partial charge in [0.1, 0.15) is 64.3 Å². The van der Waals surface area contributed by atoms with Gasteiger partial charge in [0, 0.05) is 52.0 Å². The molecule has 4 bridgehead atoms. The fourth-order valence-electron chi connectivity index (χ4n) is 12.3. The fourth-order valence-corrected chi connectivity index (χ4v) is 12.3. The minimum atomic E-state index is -1.80. The lowest BCUT2D eigenvalue weighted by atomic mass is 9.45. The van der Waals surface area contributed by atoms with Crippen molar-refractivity contribution in [1.82, 2.24) is 0 Å². The molecule has 3 saturated carbocycles. The fraction of sp³-hybridized carbons (Fsp3) is 0.500. The van der Waals surface area contributed by atoms with Crippen molar-refractivity contribution < 1.29 is 68.0 Å². The second-order valence-corrected chi connectivity index (χ2v) is 20.8. The molecule has 5 heterocycles. The first kappa shape index (κ1) is 46.4. The Labute approximate surface area is 395 Å². The Bertz CT molecular complexity index is 2740. The first-order valence-electron chi connectivity index (χ1n) is 23.6. The minimum absolute atomic E-state index is 0.0771. The summed E-state index contributed by atoms with van der Waals surface area (Å²) in [6.07, 6.45) is 3.38. The van der Waals surface area contributed by atoms with Crippen LogP contribution in [0.25, 0.3) is 17.6 Å². The van der Waals surface area contributed by atoms with Gasteiger partial charge in [0.15, 0.2) is 22.8 Å². The first-order chi connectivity index (χ1) is 32.2. The summed E-state index contributed by atoms with van der Waals surface area (Å²) in [4.78, 5) is 43.6. The highest BCUT2D eigenvalue weighted by Crippen LogP contribution is 2.75. The lowest BCUT2D eigenvalue weighted by Crippen LogP contribution is -2.75. The first-order valence-corrected chi connectivity index (χ1v) is 23.6. The van der Waals surface area contributed by atoms with Crippen LogP contribution in [0, 0.1) is 17.8 Å². The number of ketones is 2. The zero-order chi connectivity index (χ0) is 48.6. The third-order valence-corrected chi connectivity index (χ3v) is 15.5. The van der Waals surface area contributed by atoms with Gasteiger partial charge in [-0.15, -0.1) is 0 Å². The lowest BCUT2D eigenvalue weighted by Gasteiger charge is -2.62. The molecule has 68 heavy (non-hydrogen) atoms. The van der Waals surface area contributed by atoms with Gasteiger partial charge < -0.3 is 53.6 Å². The predicted molar refractivity (Wildman–Crippen MR) is 248 cm³/mol. The molecule has 1 spiro atoms. The number of esters is 1. The summed E-state index contributed by atoms with van der Waals surface area (Å²) in [5.41, 5.74) is 0.429. The second-order valence-electron chi connectivity index (χ2n) is 20.8. The SMILES string of the molecule is COC(=O)C(C)=CCC12OC(C)(C)C3CC(C1=O)C1C4=C(OC5=C1C32Oc1c(CC=C(C)C)c2c(c(O[C@@H]3O[C@H](CO)[C@@H](O)[C@H](O)[C@H]3O)c15)C=CC(C)(CCC=C(C)C)O2)c1ccccc1C4=O. The third-order valence-electron chi connectivity index (χ3n) is 15.5. The quantitative estimate of drug-likeness (QED) is 0.106. The van der Waals surface area contributed by atoms with E-state index in [-0.39, 0.29) is 47.2 Å². The molecule has 0 radical (unpaired) electrons. The van der Waals surface area contributed by atoms with Crippen molar-refractivity contribution in [3.63, 3.8) is 0 Å². The Morgan fingerprint density at radius 2 is 1.62 bits per heavy atom. The van der Waals surface area contributed by atoms with E-state index in [1.165, 1.54) is 7.11 Å². The lowest BCUT2D eigenvalue weighted by molar-refractivity contribution is -0.277. The van der Waals surface area contributed by atoms with Gasteiger partial charge in [-0.1, -0.05) is 53.6 Å². The summed E-state index contributed by atoms with van der Waals surface area (Å²) >= 11 is 0. The molecule has 11 atom stereocenters. The van der Waals surface area contributed by atoms with E-state index in [0.29, 0.717) is 69.7 Å². The van der Waals surface area contributed by atoms with Crippen molar-refractivity contribution in [2.75, 3.05) is 13.7 Å². The number of carbonyl (C=O) groups is 3. The molecule has 2 aromatic carbocycles. The summed E-state index contributed by atoms with van der Waals surface area (Å²) < 4.78 is 47.5. The molecule has 5 aliphatic heterocycles. The number of fused-ring (bicyclic) bond motifs is 5. The van der Waals surface area contributed by atoms with Crippen molar-refractivity contribution in [3.8, 4) is 17.2 Å². The number of rotatable bonds is 11. The monoisotopic (exact) mass is 932 g/mol. The number of allylic oxidation sites excluding steroid dienone is 5. The highest BCUT2D eigenvalue weighted by atomic mass is 16.7. The Balaban J connectivity index is 1.30. The topological polar surface area (TPSA) is 197 Å². The van der Waals surface area contributed by atoms with Gasteiger partial charge in [-0.2, -0.15) is 0 Å². The predicted octanol–water partition coefficient (Wildman–Crippen LogP) is 6.66. The molecule has 2 saturated heterocycles. The van der Waals surface area contributed by atoms with Crippen LogP contribution in [-0.2, 0) is 35.0 Å². The largest absolute Gasteiger partial charge is 0.482 e. The molecular weight excluding hydrogens is 873 g/mol. The van der Waals surface area contributed by atoms with E-state index in [1.54, 1.807) is 25.1 Å². The maximum Gasteiger partial charge on any atom is 0.333 e. The number of carbonyl (C=O) groups excluding carboxylic acids is 3. The summed E-state index contributed by atoms with van der Waals surface area (Å²) in [6, 6.07) is 7.18. The van der Waals surface area contributed by atoms with E-state index >= 15 is 4.79 Å². The van der Waals surface area contributed by atoms with E-state index in [2.05, 4.69) is 6.08 Å². The van der Waals surface area contributed by atoms with Crippen LogP contribution in [0.4, 0.5) is 0 Å². The Hall–Kier alpha value is -5.35. The summed E-state index contributed by atoms with van der Waals surface area (Å²) in [7, 11) is 1.29. The van der Waals surface area contributed by atoms with Crippen LogP contribution in [0.2, 0.25) is 0 Å². The van der Waals surface area contributed by atoms with Gasteiger partial charge in [0.25, 0.3) is 0 Å².